The van der Waals surface area contributed by atoms with Crippen molar-refractivity contribution in [1.82, 2.24) is 4.98 Å². The van der Waals surface area contributed by atoms with E-state index in [2.05, 4.69) is 36.2 Å². The number of rotatable bonds is 4. The molecule has 0 aliphatic carbocycles. The van der Waals surface area contributed by atoms with E-state index in [4.69, 9.17) is 5.73 Å². The van der Waals surface area contributed by atoms with Gasteiger partial charge in [-0.15, -0.1) is 11.8 Å². The first-order valence-corrected chi connectivity index (χ1v) is 6.69. The number of halogens is 1. The van der Waals surface area contributed by atoms with E-state index in [0.717, 1.165) is 5.56 Å². The zero-order valence-electron chi connectivity index (χ0n) is 10.1. The van der Waals surface area contributed by atoms with E-state index in [0.29, 0.717) is 5.75 Å². The van der Waals surface area contributed by atoms with Gasteiger partial charge in [-0.25, -0.2) is 4.39 Å². The molecule has 1 heterocycles. The van der Waals surface area contributed by atoms with Gasteiger partial charge in [-0.1, -0.05) is 17.7 Å². The van der Waals surface area contributed by atoms with Gasteiger partial charge in [0, 0.05) is 22.9 Å². The first kappa shape index (κ1) is 13.1. The summed E-state index contributed by atoms with van der Waals surface area (Å²) in [6.07, 6.45) is 2.80. The van der Waals surface area contributed by atoms with Crippen molar-refractivity contribution < 1.29 is 4.39 Å². The molecule has 1 aromatic heterocycles. The SMILES string of the molecule is Cc1ccc(SCC(N)c2cncc(F)c2)cc1. The van der Waals surface area contributed by atoms with Crippen molar-refractivity contribution in [3.63, 3.8) is 0 Å². The molecule has 0 saturated carbocycles. The molecule has 1 atom stereocenters. The van der Waals surface area contributed by atoms with Crippen LogP contribution in [0.2, 0.25) is 0 Å². The van der Waals surface area contributed by atoms with Gasteiger partial charge >= 0.3 is 0 Å². The molecule has 0 spiro atoms. The number of aromatic nitrogens is 1. The van der Waals surface area contributed by atoms with E-state index in [-0.39, 0.29) is 11.9 Å². The Kier molecular flexibility index (Phi) is 4.33. The zero-order chi connectivity index (χ0) is 13.0. The van der Waals surface area contributed by atoms with Crippen LogP contribution in [-0.4, -0.2) is 10.7 Å². The highest BCUT2D eigenvalue weighted by Gasteiger charge is 2.08. The number of hydrogen-bond acceptors (Lipinski definition) is 3. The summed E-state index contributed by atoms with van der Waals surface area (Å²) >= 11 is 1.66. The molecule has 1 unspecified atom stereocenters. The maximum atomic E-state index is 13.0. The monoisotopic (exact) mass is 262 g/mol. The van der Waals surface area contributed by atoms with Gasteiger partial charge in [0.1, 0.15) is 5.82 Å². The van der Waals surface area contributed by atoms with Gasteiger partial charge in [-0.2, -0.15) is 0 Å². The third kappa shape index (κ3) is 3.55. The summed E-state index contributed by atoms with van der Waals surface area (Å²) < 4.78 is 13.0. The highest BCUT2D eigenvalue weighted by atomic mass is 32.2. The van der Waals surface area contributed by atoms with Crippen molar-refractivity contribution in [3.8, 4) is 0 Å². The molecule has 2 nitrogen and oxygen atoms in total. The van der Waals surface area contributed by atoms with Gasteiger partial charge in [-0.05, 0) is 30.7 Å². The van der Waals surface area contributed by atoms with E-state index < -0.39 is 0 Å². The number of aryl methyl sites for hydroxylation is 1. The molecule has 0 aliphatic rings. The van der Waals surface area contributed by atoms with Crippen LogP contribution in [0.4, 0.5) is 4.39 Å². The molecule has 2 N–H and O–H groups in total. The maximum Gasteiger partial charge on any atom is 0.141 e. The minimum Gasteiger partial charge on any atom is -0.323 e. The predicted molar refractivity (Wildman–Crippen MR) is 73.0 cm³/mol. The number of pyridine rings is 1. The Hall–Kier alpha value is -1.39. The summed E-state index contributed by atoms with van der Waals surface area (Å²) in [5, 5.41) is 0. The minimum absolute atomic E-state index is 0.209. The molecule has 0 fully saturated rings. The Labute approximate surface area is 110 Å². The first-order valence-electron chi connectivity index (χ1n) is 5.70. The van der Waals surface area contributed by atoms with E-state index in [1.807, 2.05) is 0 Å². The minimum atomic E-state index is -0.344. The van der Waals surface area contributed by atoms with E-state index in [1.54, 1.807) is 18.0 Å². The quantitative estimate of drug-likeness (QED) is 0.859. The fraction of sp³-hybridized carbons (Fsp3) is 0.214. The van der Waals surface area contributed by atoms with Crippen molar-refractivity contribution >= 4 is 11.8 Å². The molecule has 2 aromatic rings. The lowest BCUT2D eigenvalue weighted by Gasteiger charge is -2.11. The lowest BCUT2D eigenvalue weighted by Crippen LogP contribution is -2.13. The summed E-state index contributed by atoms with van der Waals surface area (Å²) in [7, 11) is 0. The summed E-state index contributed by atoms with van der Waals surface area (Å²) in [4.78, 5) is 4.97. The van der Waals surface area contributed by atoms with E-state index in [1.165, 1.54) is 22.7 Å². The molecule has 0 bridgehead atoms. The molecule has 0 amide bonds. The Morgan fingerprint density at radius 2 is 2.00 bits per heavy atom. The van der Waals surface area contributed by atoms with E-state index in [9.17, 15) is 4.39 Å². The van der Waals surface area contributed by atoms with Gasteiger partial charge in [0.2, 0.25) is 0 Å². The molecule has 2 rings (SSSR count). The number of hydrogen-bond donors (Lipinski definition) is 1. The molecule has 4 heteroatoms. The van der Waals surface area contributed by atoms with Crippen molar-refractivity contribution in [3.05, 3.63) is 59.7 Å². The summed E-state index contributed by atoms with van der Waals surface area (Å²) in [5.41, 5.74) is 7.98. The van der Waals surface area contributed by atoms with Crippen LogP contribution in [0.25, 0.3) is 0 Å². The second-order valence-corrected chi connectivity index (χ2v) is 5.26. The van der Waals surface area contributed by atoms with Gasteiger partial charge < -0.3 is 5.73 Å². The molecule has 0 saturated heterocycles. The summed E-state index contributed by atoms with van der Waals surface area (Å²) in [6.45, 7) is 2.05. The van der Waals surface area contributed by atoms with Gasteiger partial charge in [0.25, 0.3) is 0 Å². The van der Waals surface area contributed by atoms with Crippen molar-refractivity contribution in [2.45, 2.75) is 17.9 Å². The number of nitrogens with two attached hydrogens (primary N) is 1. The normalized spacial score (nSPS) is 12.4. The number of benzene rings is 1. The van der Waals surface area contributed by atoms with Crippen LogP contribution >= 0.6 is 11.8 Å². The van der Waals surface area contributed by atoms with Crippen LogP contribution < -0.4 is 5.73 Å². The second kappa shape index (κ2) is 5.98. The van der Waals surface area contributed by atoms with Crippen molar-refractivity contribution in [2.75, 3.05) is 5.75 Å². The molecule has 0 aliphatic heterocycles. The average molecular weight is 262 g/mol. The summed E-state index contributed by atoms with van der Waals surface area (Å²) in [5.74, 6) is 0.358. The lowest BCUT2D eigenvalue weighted by atomic mass is 10.1. The Bertz CT molecular complexity index is 513. The molecular formula is C14H15FN2S. The Morgan fingerprint density at radius 3 is 2.67 bits per heavy atom. The maximum absolute atomic E-state index is 13.0. The lowest BCUT2D eigenvalue weighted by molar-refractivity contribution is 0.615. The number of nitrogens with zero attached hydrogens (tertiary/aromatic N) is 1. The predicted octanol–water partition coefficient (Wildman–Crippen LogP) is 3.32. The van der Waals surface area contributed by atoms with Crippen LogP contribution in [0, 0.1) is 12.7 Å². The third-order valence-electron chi connectivity index (χ3n) is 2.60. The fourth-order valence-corrected chi connectivity index (χ4v) is 2.44. The topological polar surface area (TPSA) is 38.9 Å². The smallest absolute Gasteiger partial charge is 0.141 e. The standard InChI is InChI=1S/C14H15FN2S/c1-10-2-4-13(5-3-10)18-9-14(16)11-6-12(15)8-17-7-11/h2-8,14H,9,16H2,1H3. The molecule has 1 aromatic carbocycles. The van der Waals surface area contributed by atoms with Gasteiger partial charge in [0.05, 0.1) is 6.20 Å². The largest absolute Gasteiger partial charge is 0.323 e. The van der Waals surface area contributed by atoms with Crippen molar-refractivity contribution in [1.29, 1.82) is 0 Å². The molecular weight excluding hydrogens is 247 g/mol. The molecule has 0 radical (unpaired) electrons. The van der Waals surface area contributed by atoms with Gasteiger partial charge in [0.15, 0.2) is 0 Å². The highest BCUT2D eigenvalue weighted by molar-refractivity contribution is 7.99. The van der Waals surface area contributed by atoms with Crippen LogP contribution in [-0.2, 0) is 0 Å². The van der Waals surface area contributed by atoms with Crippen LogP contribution in [0.5, 0.6) is 0 Å². The first-order chi connectivity index (χ1) is 8.65. The number of thioether (sulfide) groups is 1. The van der Waals surface area contributed by atoms with Crippen molar-refractivity contribution in [2.24, 2.45) is 5.73 Å². The molecule has 94 valence electrons. The summed E-state index contributed by atoms with van der Waals surface area (Å²) in [6, 6.07) is 9.50. The second-order valence-electron chi connectivity index (χ2n) is 4.17. The van der Waals surface area contributed by atoms with Crippen LogP contribution in [0.1, 0.15) is 17.2 Å². The Morgan fingerprint density at radius 1 is 1.28 bits per heavy atom. The van der Waals surface area contributed by atoms with Gasteiger partial charge in [-0.3, -0.25) is 4.98 Å². The average Bonchev–Trinajstić information content (AvgIpc) is 2.38. The van der Waals surface area contributed by atoms with Crippen LogP contribution in [0.3, 0.4) is 0 Å². The third-order valence-corrected chi connectivity index (χ3v) is 3.74. The van der Waals surface area contributed by atoms with E-state index >= 15 is 0 Å². The fourth-order valence-electron chi connectivity index (χ4n) is 1.55. The zero-order valence-corrected chi connectivity index (χ0v) is 11.0. The highest BCUT2D eigenvalue weighted by Crippen LogP contribution is 2.23. The molecule has 18 heavy (non-hydrogen) atoms. The van der Waals surface area contributed by atoms with Crippen LogP contribution in [0.15, 0.2) is 47.6 Å². The Balaban J connectivity index is 1.96.